The van der Waals surface area contributed by atoms with E-state index in [1.807, 2.05) is 25.1 Å². The first kappa shape index (κ1) is 7.95. The van der Waals surface area contributed by atoms with Crippen molar-refractivity contribution in [3.05, 3.63) is 42.2 Å². The van der Waals surface area contributed by atoms with E-state index in [1.165, 1.54) is 0 Å². The lowest BCUT2D eigenvalue weighted by Crippen LogP contribution is -2.12. The fourth-order valence-electron chi connectivity index (χ4n) is 0.812. The maximum Gasteiger partial charge on any atom is 0.0680 e. The van der Waals surface area contributed by atoms with Crippen LogP contribution >= 0.6 is 0 Å². The van der Waals surface area contributed by atoms with Crippen molar-refractivity contribution in [3.63, 3.8) is 0 Å². The second kappa shape index (κ2) is 3.30. The minimum atomic E-state index is -0.129. The summed E-state index contributed by atoms with van der Waals surface area (Å²) in [4.78, 5) is 4.11. The Morgan fingerprint density at radius 3 is 2.82 bits per heavy atom. The van der Waals surface area contributed by atoms with Crippen LogP contribution in [0, 0.1) is 0 Å². The molecule has 1 heterocycles. The van der Waals surface area contributed by atoms with E-state index in [9.17, 15) is 0 Å². The van der Waals surface area contributed by atoms with E-state index in [0.717, 1.165) is 11.3 Å². The molecular formula is C9H12N2. The molecule has 0 spiro atoms. The van der Waals surface area contributed by atoms with E-state index >= 15 is 0 Å². The van der Waals surface area contributed by atoms with Crippen LogP contribution in [0.4, 0.5) is 0 Å². The predicted molar refractivity (Wildman–Crippen MR) is 46.0 cm³/mol. The van der Waals surface area contributed by atoms with Gasteiger partial charge < -0.3 is 5.73 Å². The monoisotopic (exact) mass is 148 g/mol. The zero-order chi connectivity index (χ0) is 8.27. The van der Waals surface area contributed by atoms with Crippen molar-refractivity contribution in [2.45, 2.75) is 13.0 Å². The SMILES string of the molecule is C=C(C)C(N)c1ccccn1. The number of nitrogens with zero attached hydrogens (tertiary/aromatic N) is 1. The van der Waals surface area contributed by atoms with Crippen LogP contribution in [0.15, 0.2) is 36.5 Å². The molecule has 58 valence electrons. The fraction of sp³-hybridized carbons (Fsp3) is 0.222. The molecule has 0 bridgehead atoms. The van der Waals surface area contributed by atoms with Crippen LogP contribution in [0.2, 0.25) is 0 Å². The molecule has 1 atom stereocenters. The molecule has 0 aliphatic carbocycles. The van der Waals surface area contributed by atoms with E-state index < -0.39 is 0 Å². The van der Waals surface area contributed by atoms with Gasteiger partial charge in [-0.1, -0.05) is 18.2 Å². The van der Waals surface area contributed by atoms with Crippen LogP contribution in [-0.2, 0) is 0 Å². The third kappa shape index (κ3) is 1.88. The van der Waals surface area contributed by atoms with Crippen LogP contribution in [0.5, 0.6) is 0 Å². The minimum absolute atomic E-state index is 0.129. The van der Waals surface area contributed by atoms with Crippen LogP contribution in [0.3, 0.4) is 0 Å². The first-order valence-corrected chi connectivity index (χ1v) is 3.53. The predicted octanol–water partition coefficient (Wildman–Crippen LogP) is 1.66. The van der Waals surface area contributed by atoms with Gasteiger partial charge >= 0.3 is 0 Å². The highest BCUT2D eigenvalue weighted by atomic mass is 14.8. The fourth-order valence-corrected chi connectivity index (χ4v) is 0.812. The lowest BCUT2D eigenvalue weighted by molar-refractivity contribution is 0.811. The Bertz CT molecular complexity index is 241. The molecule has 0 saturated carbocycles. The third-order valence-corrected chi connectivity index (χ3v) is 1.54. The molecule has 11 heavy (non-hydrogen) atoms. The molecule has 0 aliphatic heterocycles. The summed E-state index contributed by atoms with van der Waals surface area (Å²) < 4.78 is 0. The molecule has 2 heteroatoms. The molecule has 2 N–H and O–H groups in total. The van der Waals surface area contributed by atoms with Gasteiger partial charge in [-0.05, 0) is 19.1 Å². The number of hydrogen-bond acceptors (Lipinski definition) is 2. The summed E-state index contributed by atoms with van der Waals surface area (Å²) >= 11 is 0. The zero-order valence-corrected chi connectivity index (χ0v) is 6.62. The smallest absolute Gasteiger partial charge is 0.0680 e. The van der Waals surface area contributed by atoms with Gasteiger partial charge in [-0.3, -0.25) is 4.98 Å². The molecule has 1 rings (SSSR count). The first-order chi connectivity index (χ1) is 5.22. The summed E-state index contributed by atoms with van der Waals surface area (Å²) in [6.45, 7) is 5.67. The lowest BCUT2D eigenvalue weighted by atomic mass is 10.1. The number of rotatable bonds is 2. The van der Waals surface area contributed by atoms with Gasteiger partial charge in [-0.15, -0.1) is 0 Å². The van der Waals surface area contributed by atoms with Crippen molar-refractivity contribution in [1.82, 2.24) is 4.98 Å². The third-order valence-electron chi connectivity index (χ3n) is 1.54. The highest BCUT2D eigenvalue weighted by molar-refractivity contribution is 5.17. The Labute approximate surface area is 66.8 Å². The summed E-state index contributed by atoms with van der Waals surface area (Å²) in [6, 6.07) is 5.57. The lowest BCUT2D eigenvalue weighted by Gasteiger charge is -2.08. The zero-order valence-electron chi connectivity index (χ0n) is 6.62. The van der Waals surface area contributed by atoms with Crippen molar-refractivity contribution in [1.29, 1.82) is 0 Å². The topological polar surface area (TPSA) is 38.9 Å². The second-order valence-electron chi connectivity index (χ2n) is 2.58. The quantitative estimate of drug-likeness (QED) is 0.648. The van der Waals surface area contributed by atoms with Gasteiger partial charge in [0.25, 0.3) is 0 Å². The molecule has 0 radical (unpaired) electrons. The molecule has 0 aromatic carbocycles. The van der Waals surface area contributed by atoms with Gasteiger partial charge in [0.05, 0.1) is 11.7 Å². The molecule has 0 aliphatic rings. The van der Waals surface area contributed by atoms with E-state index in [2.05, 4.69) is 11.6 Å². The van der Waals surface area contributed by atoms with Crippen molar-refractivity contribution >= 4 is 0 Å². The molecule has 2 nitrogen and oxygen atoms in total. The van der Waals surface area contributed by atoms with Crippen molar-refractivity contribution in [2.24, 2.45) is 5.73 Å². The molecule has 1 aromatic heterocycles. The highest BCUT2D eigenvalue weighted by Crippen LogP contribution is 2.12. The first-order valence-electron chi connectivity index (χ1n) is 3.53. The molecule has 1 aromatic rings. The van der Waals surface area contributed by atoms with Gasteiger partial charge in [-0.2, -0.15) is 0 Å². The summed E-state index contributed by atoms with van der Waals surface area (Å²) in [5.74, 6) is 0. The normalized spacial score (nSPS) is 12.5. The van der Waals surface area contributed by atoms with Gasteiger partial charge in [0.2, 0.25) is 0 Å². The Hall–Kier alpha value is -1.15. The average Bonchev–Trinajstić information content (AvgIpc) is 2.05. The van der Waals surface area contributed by atoms with Crippen LogP contribution in [0.25, 0.3) is 0 Å². The second-order valence-corrected chi connectivity index (χ2v) is 2.58. The molecule has 0 saturated heterocycles. The van der Waals surface area contributed by atoms with Gasteiger partial charge in [0, 0.05) is 6.20 Å². The van der Waals surface area contributed by atoms with Gasteiger partial charge in [0.1, 0.15) is 0 Å². The molecule has 1 unspecified atom stereocenters. The van der Waals surface area contributed by atoms with Gasteiger partial charge in [-0.25, -0.2) is 0 Å². The standard InChI is InChI=1S/C9H12N2/c1-7(2)9(10)8-5-3-4-6-11-8/h3-6,9H,1,10H2,2H3. The summed E-state index contributed by atoms with van der Waals surface area (Å²) in [6.07, 6.45) is 1.73. The van der Waals surface area contributed by atoms with Gasteiger partial charge in [0.15, 0.2) is 0 Å². The number of pyridine rings is 1. The largest absolute Gasteiger partial charge is 0.319 e. The Morgan fingerprint density at radius 2 is 2.36 bits per heavy atom. The molecule has 0 amide bonds. The Morgan fingerprint density at radius 1 is 1.64 bits per heavy atom. The van der Waals surface area contributed by atoms with Crippen LogP contribution in [0.1, 0.15) is 18.7 Å². The maximum atomic E-state index is 5.78. The van der Waals surface area contributed by atoms with Crippen LogP contribution in [-0.4, -0.2) is 4.98 Å². The number of hydrogen-bond donors (Lipinski definition) is 1. The Balaban J connectivity index is 2.85. The molecule has 0 fully saturated rings. The van der Waals surface area contributed by atoms with Crippen LogP contribution < -0.4 is 5.73 Å². The number of aromatic nitrogens is 1. The maximum absolute atomic E-state index is 5.78. The van der Waals surface area contributed by atoms with Crippen molar-refractivity contribution in [2.75, 3.05) is 0 Å². The minimum Gasteiger partial charge on any atom is -0.319 e. The van der Waals surface area contributed by atoms with E-state index in [-0.39, 0.29) is 6.04 Å². The summed E-state index contributed by atoms with van der Waals surface area (Å²) in [5.41, 5.74) is 7.58. The number of nitrogens with two attached hydrogens (primary N) is 1. The average molecular weight is 148 g/mol. The molecular weight excluding hydrogens is 136 g/mol. The highest BCUT2D eigenvalue weighted by Gasteiger charge is 2.05. The van der Waals surface area contributed by atoms with E-state index in [0.29, 0.717) is 0 Å². The van der Waals surface area contributed by atoms with Crippen molar-refractivity contribution < 1.29 is 0 Å². The van der Waals surface area contributed by atoms with E-state index in [4.69, 9.17) is 5.73 Å². The Kier molecular flexibility index (Phi) is 2.39. The van der Waals surface area contributed by atoms with E-state index in [1.54, 1.807) is 6.20 Å². The summed E-state index contributed by atoms with van der Waals surface area (Å²) in [7, 11) is 0. The summed E-state index contributed by atoms with van der Waals surface area (Å²) in [5, 5.41) is 0. The van der Waals surface area contributed by atoms with Crippen molar-refractivity contribution in [3.8, 4) is 0 Å².